The van der Waals surface area contributed by atoms with Gasteiger partial charge in [-0.05, 0) is 51.7 Å². The highest BCUT2D eigenvalue weighted by molar-refractivity contribution is 5.77. The Morgan fingerprint density at radius 3 is 2.96 bits per heavy atom. The molecule has 6 nitrogen and oxygen atoms in total. The van der Waals surface area contributed by atoms with E-state index in [2.05, 4.69) is 15.3 Å². The van der Waals surface area contributed by atoms with E-state index in [1.54, 1.807) is 0 Å². The molecule has 1 aromatic carbocycles. The molecule has 0 spiro atoms. The Hall–Kier alpha value is -2.24. The molecule has 3 rings (SSSR count). The highest BCUT2D eigenvalue weighted by Gasteiger charge is 2.27. The van der Waals surface area contributed by atoms with Crippen molar-refractivity contribution in [2.24, 2.45) is 5.92 Å². The predicted molar refractivity (Wildman–Crippen MR) is 95.1 cm³/mol. The van der Waals surface area contributed by atoms with Crippen LogP contribution in [0.3, 0.4) is 0 Å². The van der Waals surface area contributed by atoms with Gasteiger partial charge in [0, 0.05) is 19.6 Å². The number of para-hydroxylation sites is 2. The molecule has 1 aliphatic rings. The number of benzene rings is 1. The average Bonchev–Trinajstić information content (AvgIpc) is 2.94. The van der Waals surface area contributed by atoms with E-state index >= 15 is 0 Å². The topological polar surface area (TPSA) is 70.2 Å². The second-order valence-electron chi connectivity index (χ2n) is 7.42. The number of carbonyl (C=O) groups excluding carboxylic acids is 1. The molecule has 0 radical (unpaired) electrons. The van der Waals surface area contributed by atoms with Gasteiger partial charge in [0.15, 0.2) is 0 Å². The highest BCUT2D eigenvalue weighted by atomic mass is 16.6. The van der Waals surface area contributed by atoms with Crippen LogP contribution in [-0.2, 0) is 4.74 Å². The number of nitrogens with zero attached hydrogens (tertiary/aromatic N) is 2. The molecule has 1 aromatic heterocycles. The Bertz CT molecular complexity index is 671. The van der Waals surface area contributed by atoms with Crippen LogP contribution in [-0.4, -0.2) is 46.2 Å². The number of fused-ring (bicyclic) bond motifs is 1. The molecule has 6 heteroatoms. The predicted octanol–water partition coefficient (Wildman–Crippen LogP) is 3.62. The quantitative estimate of drug-likeness (QED) is 0.902. The molecule has 1 fully saturated rings. The maximum absolute atomic E-state index is 12.2. The van der Waals surface area contributed by atoms with Crippen LogP contribution in [0.25, 0.3) is 11.0 Å². The number of anilines is 1. The zero-order valence-corrected chi connectivity index (χ0v) is 14.6. The number of likely N-dealkylation sites (tertiary alicyclic amines) is 1. The highest BCUT2D eigenvalue weighted by Crippen LogP contribution is 2.20. The van der Waals surface area contributed by atoms with Gasteiger partial charge in [-0.2, -0.15) is 0 Å². The van der Waals surface area contributed by atoms with Crippen molar-refractivity contribution in [3.05, 3.63) is 24.3 Å². The molecular weight excluding hydrogens is 304 g/mol. The Labute approximate surface area is 142 Å². The number of H-pyrrole nitrogens is 1. The smallest absolute Gasteiger partial charge is 0.410 e. The number of piperidine rings is 1. The van der Waals surface area contributed by atoms with Crippen LogP contribution >= 0.6 is 0 Å². The maximum atomic E-state index is 12.2. The Morgan fingerprint density at radius 1 is 1.42 bits per heavy atom. The number of carbonyl (C=O) groups is 1. The Morgan fingerprint density at radius 2 is 2.21 bits per heavy atom. The normalized spacial score (nSPS) is 18.6. The van der Waals surface area contributed by atoms with Gasteiger partial charge in [0.2, 0.25) is 5.95 Å². The third-order valence-electron chi connectivity index (χ3n) is 4.12. The summed E-state index contributed by atoms with van der Waals surface area (Å²) in [7, 11) is 0. The summed E-state index contributed by atoms with van der Waals surface area (Å²) in [5.74, 6) is 1.19. The minimum Gasteiger partial charge on any atom is -0.444 e. The van der Waals surface area contributed by atoms with E-state index in [1.807, 2.05) is 49.9 Å². The van der Waals surface area contributed by atoms with Crippen LogP contribution < -0.4 is 5.32 Å². The van der Waals surface area contributed by atoms with Gasteiger partial charge in [-0.3, -0.25) is 0 Å². The summed E-state index contributed by atoms with van der Waals surface area (Å²) >= 11 is 0. The van der Waals surface area contributed by atoms with Gasteiger partial charge < -0.3 is 19.9 Å². The molecule has 1 unspecified atom stereocenters. The standard InChI is InChI=1S/C18H26N4O2/c1-18(2,3)24-17(23)22-10-6-7-13(12-22)11-19-16-20-14-8-4-5-9-15(14)21-16/h4-5,8-9,13H,6-7,10-12H2,1-3H3,(H2,19,20,21). The van der Waals surface area contributed by atoms with Crippen molar-refractivity contribution >= 4 is 23.1 Å². The maximum Gasteiger partial charge on any atom is 0.410 e. The fourth-order valence-corrected chi connectivity index (χ4v) is 3.00. The molecular formula is C18H26N4O2. The fourth-order valence-electron chi connectivity index (χ4n) is 3.00. The molecule has 2 aromatic rings. The molecule has 1 aliphatic heterocycles. The van der Waals surface area contributed by atoms with Gasteiger partial charge in [0.25, 0.3) is 0 Å². The number of hydrogen-bond donors (Lipinski definition) is 2. The number of rotatable bonds is 3. The second-order valence-corrected chi connectivity index (χ2v) is 7.42. The second kappa shape index (κ2) is 6.71. The van der Waals surface area contributed by atoms with E-state index in [-0.39, 0.29) is 6.09 Å². The lowest BCUT2D eigenvalue weighted by Crippen LogP contribution is -2.44. The van der Waals surface area contributed by atoms with Crippen LogP contribution in [0, 0.1) is 5.92 Å². The first-order chi connectivity index (χ1) is 11.4. The number of ether oxygens (including phenoxy) is 1. The van der Waals surface area contributed by atoms with Gasteiger partial charge in [-0.1, -0.05) is 12.1 Å². The van der Waals surface area contributed by atoms with Crippen LogP contribution in [0.2, 0.25) is 0 Å². The van der Waals surface area contributed by atoms with Crippen molar-refractivity contribution in [3.63, 3.8) is 0 Å². The van der Waals surface area contributed by atoms with Crippen molar-refractivity contribution in [3.8, 4) is 0 Å². The monoisotopic (exact) mass is 330 g/mol. The SMILES string of the molecule is CC(C)(C)OC(=O)N1CCCC(CNc2nc3ccccc3[nH]2)C1. The van der Waals surface area contributed by atoms with Gasteiger partial charge in [0.1, 0.15) is 5.60 Å². The van der Waals surface area contributed by atoms with Crippen LogP contribution in [0.1, 0.15) is 33.6 Å². The van der Waals surface area contributed by atoms with E-state index in [1.165, 1.54) is 0 Å². The van der Waals surface area contributed by atoms with Gasteiger partial charge >= 0.3 is 6.09 Å². The molecule has 0 bridgehead atoms. The number of amides is 1. The summed E-state index contributed by atoms with van der Waals surface area (Å²) in [4.78, 5) is 21.8. The summed E-state index contributed by atoms with van der Waals surface area (Å²) in [5.41, 5.74) is 1.54. The minimum atomic E-state index is -0.448. The lowest BCUT2D eigenvalue weighted by atomic mass is 9.98. The third kappa shape index (κ3) is 4.19. The van der Waals surface area contributed by atoms with Gasteiger partial charge in [0.05, 0.1) is 11.0 Å². The number of hydrogen-bond acceptors (Lipinski definition) is 4. The Balaban J connectivity index is 1.54. The first-order valence-corrected chi connectivity index (χ1v) is 8.57. The van der Waals surface area contributed by atoms with E-state index < -0.39 is 5.60 Å². The molecule has 1 amide bonds. The third-order valence-corrected chi connectivity index (χ3v) is 4.12. The average molecular weight is 330 g/mol. The van der Waals surface area contributed by atoms with Crippen molar-refractivity contribution in [1.29, 1.82) is 0 Å². The largest absolute Gasteiger partial charge is 0.444 e. The van der Waals surface area contributed by atoms with E-state index in [9.17, 15) is 4.79 Å². The molecule has 1 saturated heterocycles. The number of aromatic nitrogens is 2. The zero-order valence-electron chi connectivity index (χ0n) is 14.6. The Kier molecular flexibility index (Phi) is 4.64. The van der Waals surface area contributed by atoms with Crippen molar-refractivity contribution < 1.29 is 9.53 Å². The first-order valence-electron chi connectivity index (χ1n) is 8.57. The number of nitrogens with one attached hydrogen (secondary N) is 2. The van der Waals surface area contributed by atoms with Crippen LogP contribution in [0.5, 0.6) is 0 Å². The zero-order chi connectivity index (χ0) is 17.2. The summed E-state index contributed by atoms with van der Waals surface area (Å²) < 4.78 is 5.48. The van der Waals surface area contributed by atoms with Crippen molar-refractivity contribution in [2.45, 2.75) is 39.2 Å². The molecule has 0 saturated carbocycles. The van der Waals surface area contributed by atoms with E-state index in [0.717, 1.165) is 49.5 Å². The summed E-state index contributed by atoms with van der Waals surface area (Å²) in [6, 6.07) is 7.97. The lowest BCUT2D eigenvalue weighted by Gasteiger charge is -2.34. The molecule has 2 heterocycles. The molecule has 2 N–H and O–H groups in total. The minimum absolute atomic E-state index is 0.212. The van der Waals surface area contributed by atoms with Gasteiger partial charge in [-0.25, -0.2) is 9.78 Å². The van der Waals surface area contributed by atoms with Crippen LogP contribution in [0.15, 0.2) is 24.3 Å². The van der Waals surface area contributed by atoms with E-state index in [0.29, 0.717) is 5.92 Å². The number of aromatic amines is 1. The van der Waals surface area contributed by atoms with Crippen molar-refractivity contribution in [2.75, 3.05) is 25.0 Å². The summed E-state index contributed by atoms with van der Waals surface area (Å²) in [6.07, 6.45) is 1.90. The summed E-state index contributed by atoms with van der Waals surface area (Å²) in [6.45, 7) is 7.98. The lowest BCUT2D eigenvalue weighted by molar-refractivity contribution is 0.0172. The number of imidazole rings is 1. The molecule has 130 valence electrons. The van der Waals surface area contributed by atoms with E-state index in [4.69, 9.17) is 4.74 Å². The molecule has 1 atom stereocenters. The van der Waals surface area contributed by atoms with Gasteiger partial charge in [-0.15, -0.1) is 0 Å². The summed E-state index contributed by atoms with van der Waals surface area (Å²) in [5, 5.41) is 3.37. The van der Waals surface area contributed by atoms with Crippen LogP contribution in [0.4, 0.5) is 10.7 Å². The first kappa shape index (κ1) is 16.6. The van der Waals surface area contributed by atoms with Crippen molar-refractivity contribution in [1.82, 2.24) is 14.9 Å². The fraction of sp³-hybridized carbons (Fsp3) is 0.556. The molecule has 0 aliphatic carbocycles. The molecule has 24 heavy (non-hydrogen) atoms.